The van der Waals surface area contributed by atoms with Crippen LogP contribution in [0.4, 0.5) is 0 Å². The Hall–Kier alpha value is -1.96. The zero-order chi connectivity index (χ0) is 14.1. The number of aromatic nitrogens is 3. The highest BCUT2D eigenvalue weighted by molar-refractivity contribution is 5.84. The van der Waals surface area contributed by atoms with Gasteiger partial charge < -0.3 is 10.0 Å². The quantitative estimate of drug-likeness (QED) is 0.785. The number of carboxylic acid groups (broad SMARTS) is 1. The summed E-state index contributed by atoms with van der Waals surface area (Å²) in [5.41, 5.74) is -0.140. The van der Waals surface area contributed by atoms with Gasteiger partial charge in [0.25, 0.3) is 0 Å². The van der Waals surface area contributed by atoms with Crippen LogP contribution in [0.25, 0.3) is 0 Å². The van der Waals surface area contributed by atoms with E-state index >= 15 is 0 Å². The topological polar surface area (TPSA) is 91.6 Å². The molecular formula is C12H17N5O3. The minimum Gasteiger partial charge on any atom is -0.476 e. The molecule has 0 radical (unpaired) electrons. The van der Waals surface area contributed by atoms with Crippen molar-refractivity contribution < 1.29 is 14.7 Å². The molecule has 2 fully saturated rings. The van der Waals surface area contributed by atoms with Crippen molar-refractivity contribution in [3.05, 3.63) is 11.9 Å². The minimum absolute atomic E-state index is 0.0293. The molecule has 1 atom stereocenters. The van der Waals surface area contributed by atoms with Crippen LogP contribution in [0, 0.1) is 0 Å². The summed E-state index contributed by atoms with van der Waals surface area (Å²) < 4.78 is 1.28. The van der Waals surface area contributed by atoms with E-state index in [1.807, 2.05) is 4.90 Å². The molecule has 108 valence electrons. The van der Waals surface area contributed by atoms with Gasteiger partial charge in [0.05, 0.1) is 6.20 Å². The molecule has 1 amide bonds. The average Bonchev–Trinajstić information content (AvgIpc) is 3.05. The van der Waals surface area contributed by atoms with Crippen LogP contribution in [-0.4, -0.2) is 74.0 Å². The molecule has 2 saturated heterocycles. The van der Waals surface area contributed by atoms with Crippen molar-refractivity contribution >= 4 is 11.9 Å². The Morgan fingerprint density at radius 1 is 1.35 bits per heavy atom. The van der Waals surface area contributed by atoms with Crippen molar-refractivity contribution in [3.8, 4) is 0 Å². The number of amides is 1. The average molecular weight is 279 g/mol. The van der Waals surface area contributed by atoms with Crippen LogP contribution in [0.15, 0.2) is 6.20 Å². The van der Waals surface area contributed by atoms with Crippen molar-refractivity contribution in [1.82, 2.24) is 24.8 Å². The fourth-order valence-electron chi connectivity index (χ4n) is 2.93. The van der Waals surface area contributed by atoms with Crippen LogP contribution in [0.5, 0.6) is 0 Å². The summed E-state index contributed by atoms with van der Waals surface area (Å²) >= 11 is 0. The molecular weight excluding hydrogens is 262 g/mol. The first-order chi connectivity index (χ1) is 9.63. The van der Waals surface area contributed by atoms with E-state index in [4.69, 9.17) is 5.11 Å². The van der Waals surface area contributed by atoms with Crippen molar-refractivity contribution in [1.29, 1.82) is 0 Å². The highest BCUT2D eigenvalue weighted by Gasteiger charge is 2.32. The lowest BCUT2D eigenvalue weighted by atomic mass is 10.1. The number of piperazine rings is 1. The van der Waals surface area contributed by atoms with Gasteiger partial charge in [-0.25, -0.2) is 9.48 Å². The van der Waals surface area contributed by atoms with Crippen molar-refractivity contribution in [3.63, 3.8) is 0 Å². The number of carbonyl (C=O) groups is 2. The van der Waals surface area contributed by atoms with E-state index in [0.29, 0.717) is 6.04 Å². The van der Waals surface area contributed by atoms with Gasteiger partial charge in [-0.05, 0) is 19.4 Å². The lowest BCUT2D eigenvalue weighted by molar-refractivity contribution is -0.134. The van der Waals surface area contributed by atoms with Gasteiger partial charge in [-0.2, -0.15) is 0 Å². The maximum atomic E-state index is 12.2. The van der Waals surface area contributed by atoms with Crippen LogP contribution >= 0.6 is 0 Å². The normalized spacial score (nSPS) is 22.8. The molecule has 1 N–H and O–H groups in total. The Morgan fingerprint density at radius 2 is 2.20 bits per heavy atom. The van der Waals surface area contributed by atoms with Crippen LogP contribution in [0.3, 0.4) is 0 Å². The number of nitrogens with zero attached hydrogens (tertiary/aromatic N) is 5. The molecule has 8 nitrogen and oxygen atoms in total. The van der Waals surface area contributed by atoms with E-state index < -0.39 is 5.97 Å². The molecule has 0 saturated carbocycles. The Bertz CT molecular complexity index is 529. The number of hydrogen-bond acceptors (Lipinski definition) is 5. The van der Waals surface area contributed by atoms with E-state index in [-0.39, 0.29) is 18.1 Å². The number of carbonyl (C=O) groups excluding carboxylic acids is 1. The monoisotopic (exact) mass is 279 g/mol. The van der Waals surface area contributed by atoms with E-state index in [1.54, 1.807) is 0 Å². The second kappa shape index (κ2) is 5.20. The summed E-state index contributed by atoms with van der Waals surface area (Å²) in [6.07, 6.45) is 3.64. The smallest absolute Gasteiger partial charge is 0.358 e. The molecule has 0 aromatic carbocycles. The first kappa shape index (κ1) is 13.0. The molecule has 0 aliphatic carbocycles. The summed E-state index contributed by atoms with van der Waals surface area (Å²) in [5, 5.41) is 15.9. The van der Waals surface area contributed by atoms with Gasteiger partial charge in [-0.15, -0.1) is 5.10 Å². The third kappa shape index (κ3) is 2.51. The molecule has 2 aliphatic heterocycles. The van der Waals surface area contributed by atoms with Crippen LogP contribution < -0.4 is 0 Å². The Morgan fingerprint density at radius 3 is 2.95 bits per heavy atom. The van der Waals surface area contributed by atoms with Gasteiger partial charge in [0.15, 0.2) is 5.69 Å². The third-order valence-electron chi connectivity index (χ3n) is 4.00. The maximum Gasteiger partial charge on any atom is 0.358 e. The maximum absolute atomic E-state index is 12.2. The van der Waals surface area contributed by atoms with Crippen molar-refractivity contribution in [2.24, 2.45) is 0 Å². The van der Waals surface area contributed by atoms with Gasteiger partial charge in [0.2, 0.25) is 5.91 Å². The molecule has 0 spiro atoms. The van der Waals surface area contributed by atoms with Gasteiger partial charge in [0.1, 0.15) is 6.54 Å². The number of hydrogen-bond donors (Lipinski definition) is 1. The standard InChI is InChI=1S/C12H17N5O3/c18-11(8-17-7-10(12(19)20)13-14-17)16-5-4-15-3-1-2-9(15)6-16/h7,9H,1-6,8H2,(H,19,20). The largest absolute Gasteiger partial charge is 0.476 e. The number of aromatic carboxylic acids is 1. The zero-order valence-corrected chi connectivity index (χ0v) is 11.1. The summed E-state index contributed by atoms with van der Waals surface area (Å²) in [5.74, 6) is -1.17. The molecule has 1 aromatic heterocycles. The molecule has 3 rings (SSSR count). The van der Waals surface area contributed by atoms with Crippen molar-refractivity contribution in [2.75, 3.05) is 26.2 Å². The second-order valence-electron chi connectivity index (χ2n) is 5.28. The number of carboxylic acids is 1. The molecule has 0 bridgehead atoms. The predicted octanol–water partition coefficient (Wildman–Crippen LogP) is -0.717. The summed E-state index contributed by atoms with van der Waals surface area (Å²) in [6.45, 7) is 3.61. The summed E-state index contributed by atoms with van der Waals surface area (Å²) in [6, 6.07) is 0.484. The van der Waals surface area contributed by atoms with Crippen LogP contribution in [-0.2, 0) is 11.3 Å². The van der Waals surface area contributed by atoms with Gasteiger partial charge in [-0.1, -0.05) is 5.21 Å². The van der Waals surface area contributed by atoms with Crippen LogP contribution in [0.2, 0.25) is 0 Å². The molecule has 2 aliphatic rings. The second-order valence-corrected chi connectivity index (χ2v) is 5.28. The Kier molecular flexibility index (Phi) is 3.39. The summed E-state index contributed by atoms with van der Waals surface area (Å²) in [4.78, 5) is 27.2. The van der Waals surface area contributed by atoms with E-state index in [2.05, 4.69) is 15.2 Å². The number of rotatable bonds is 3. The van der Waals surface area contributed by atoms with Gasteiger partial charge in [-0.3, -0.25) is 9.69 Å². The lowest BCUT2D eigenvalue weighted by Crippen LogP contribution is -2.52. The molecule has 1 unspecified atom stereocenters. The van der Waals surface area contributed by atoms with Gasteiger partial charge in [0, 0.05) is 25.7 Å². The fraction of sp³-hybridized carbons (Fsp3) is 0.667. The first-order valence-corrected chi connectivity index (χ1v) is 6.79. The van der Waals surface area contributed by atoms with Crippen LogP contribution in [0.1, 0.15) is 23.3 Å². The van der Waals surface area contributed by atoms with E-state index in [1.165, 1.54) is 17.3 Å². The predicted molar refractivity (Wildman–Crippen MR) is 68.2 cm³/mol. The Balaban J connectivity index is 1.59. The fourth-order valence-corrected chi connectivity index (χ4v) is 2.93. The molecule has 1 aromatic rings. The lowest BCUT2D eigenvalue weighted by Gasteiger charge is -2.37. The van der Waals surface area contributed by atoms with Crippen molar-refractivity contribution in [2.45, 2.75) is 25.4 Å². The molecule has 3 heterocycles. The van der Waals surface area contributed by atoms with E-state index in [0.717, 1.165) is 32.6 Å². The molecule has 20 heavy (non-hydrogen) atoms. The minimum atomic E-state index is -1.14. The zero-order valence-electron chi connectivity index (χ0n) is 11.1. The van der Waals surface area contributed by atoms with E-state index in [9.17, 15) is 9.59 Å². The first-order valence-electron chi connectivity index (χ1n) is 6.79. The highest BCUT2D eigenvalue weighted by atomic mass is 16.4. The SMILES string of the molecule is O=C(O)c1cn(CC(=O)N2CCN3CCCC3C2)nn1. The molecule has 8 heteroatoms. The highest BCUT2D eigenvalue weighted by Crippen LogP contribution is 2.21. The number of fused-ring (bicyclic) bond motifs is 1. The summed E-state index contributed by atoms with van der Waals surface area (Å²) in [7, 11) is 0. The third-order valence-corrected chi connectivity index (χ3v) is 4.00. The van der Waals surface area contributed by atoms with Gasteiger partial charge >= 0.3 is 5.97 Å². The Labute approximate surface area is 116 Å².